The monoisotopic (exact) mass is 549 g/mol. The first-order chi connectivity index (χ1) is 18.8. The molecular weight excluding hydrogens is 517 g/mol. The van der Waals surface area contributed by atoms with Crippen molar-refractivity contribution in [3.05, 3.63) is 102 Å². The van der Waals surface area contributed by atoms with Crippen LogP contribution in [0.15, 0.2) is 95.9 Å². The molecule has 1 heterocycles. The molecule has 8 heteroatoms. The molecule has 1 aliphatic heterocycles. The summed E-state index contributed by atoms with van der Waals surface area (Å²) in [5.74, 6) is -1.32. The quantitative estimate of drug-likeness (QED) is 0.306. The summed E-state index contributed by atoms with van der Waals surface area (Å²) in [6, 6.07) is 23.5. The Balaban J connectivity index is 1.39. The van der Waals surface area contributed by atoms with Crippen LogP contribution in [-0.4, -0.2) is 38.7 Å². The lowest BCUT2D eigenvalue weighted by atomic mass is 9.69. The van der Waals surface area contributed by atoms with Crippen LogP contribution in [0.5, 0.6) is 0 Å². The van der Waals surface area contributed by atoms with Crippen molar-refractivity contribution in [1.29, 1.82) is 0 Å². The molecule has 1 aliphatic carbocycles. The van der Waals surface area contributed by atoms with Gasteiger partial charge in [-0.25, -0.2) is 17.5 Å². The minimum absolute atomic E-state index is 0.0179. The Morgan fingerprint density at radius 3 is 2.38 bits per heavy atom. The van der Waals surface area contributed by atoms with E-state index in [1.54, 1.807) is 0 Å². The summed E-state index contributed by atoms with van der Waals surface area (Å²) in [5, 5.41) is 8.97. The number of rotatable bonds is 11. The van der Waals surface area contributed by atoms with Crippen LogP contribution in [0, 0.1) is 17.7 Å². The van der Waals surface area contributed by atoms with E-state index in [1.807, 2.05) is 30.4 Å². The van der Waals surface area contributed by atoms with Gasteiger partial charge < -0.3 is 9.84 Å². The van der Waals surface area contributed by atoms with Crippen LogP contribution in [0.3, 0.4) is 0 Å². The van der Waals surface area contributed by atoms with E-state index < -0.39 is 21.8 Å². The number of aliphatic carboxylic acids is 1. The maximum Gasteiger partial charge on any atom is 0.303 e. The highest BCUT2D eigenvalue weighted by Gasteiger charge is 2.59. The second kappa shape index (κ2) is 11.4. The lowest BCUT2D eigenvalue weighted by Crippen LogP contribution is -2.44. The molecule has 0 radical (unpaired) electrons. The molecule has 0 aromatic heterocycles. The maximum absolute atomic E-state index is 13.3. The zero-order chi connectivity index (χ0) is 27.5. The lowest BCUT2D eigenvalue weighted by Gasteiger charge is -2.39. The van der Waals surface area contributed by atoms with Crippen molar-refractivity contribution in [2.45, 2.75) is 42.1 Å². The van der Waals surface area contributed by atoms with Crippen LogP contribution in [0.2, 0.25) is 0 Å². The van der Waals surface area contributed by atoms with Gasteiger partial charge in [0.1, 0.15) is 5.82 Å². The van der Waals surface area contributed by atoms with Crippen molar-refractivity contribution in [1.82, 2.24) is 4.72 Å². The molecule has 204 valence electrons. The van der Waals surface area contributed by atoms with Gasteiger partial charge in [0.05, 0.1) is 17.6 Å². The van der Waals surface area contributed by atoms with E-state index in [0.717, 1.165) is 35.2 Å². The number of ether oxygens (including phenoxy) is 1. The van der Waals surface area contributed by atoms with Gasteiger partial charge in [-0.15, -0.1) is 0 Å². The maximum atomic E-state index is 13.3. The summed E-state index contributed by atoms with van der Waals surface area (Å²) in [6.45, 7) is 0.749. The molecule has 5 rings (SSSR count). The van der Waals surface area contributed by atoms with E-state index in [2.05, 4.69) is 41.1 Å². The molecule has 1 saturated heterocycles. The summed E-state index contributed by atoms with van der Waals surface area (Å²) in [6.07, 6.45) is 5.80. The Labute approximate surface area is 228 Å². The molecule has 2 aliphatic rings. The number of hydrogen-bond acceptors (Lipinski definition) is 4. The van der Waals surface area contributed by atoms with Crippen LogP contribution in [0.4, 0.5) is 4.39 Å². The van der Waals surface area contributed by atoms with Crippen LogP contribution in [-0.2, 0) is 25.0 Å². The first kappa shape index (κ1) is 27.2. The van der Waals surface area contributed by atoms with Crippen molar-refractivity contribution in [2.24, 2.45) is 11.8 Å². The van der Waals surface area contributed by atoms with Crippen LogP contribution < -0.4 is 4.72 Å². The lowest BCUT2D eigenvalue weighted by molar-refractivity contribution is -0.136. The van der Waals surface area contributed by atoms with Gasteiger partial charge >= 0.3 is 5.97 Å². The number of halogens is 1. The van der Waals surface area contributed by atoms with Crippen molar-refractivity contribution in [3.8, 4) is 11.1 Å². The van der Waals surface area contributed by atoms with E-state index in [1.165, 1.54) is 12.1 Å². The number of allylic oxidation sites excluding steroid dienone is 2. The molecule has 0 spiro atoms. The van der Waals surface area contributed by atoms with Gasteiger partial charge in [-0.2, -0.15) is 0 Å². The van der Waals surface area contributed by atoms with E-state index in [4.69, 9.17) is 9.84 Å². The van der Waals surface area contributed by atoms with Gasteiger partial charge in [0, 0.05) is 24.3 Å². The van der Waals surface area contributed by atoms with E-state index in [9.17, 15) is 17.6 Å². The molecule has 3 aromatic rings. The largest absolute Gasteiger partial charge is 0.481 e. The molecule has 4 atom stereocenters. The fourth-order valence-corrected chi connectivity index (χ4v) is 7.19. The SMILES string of the molecule is O=C(O)CC/C=C\C[C@H]1[C@H](CNS(=O)(=O)c2ccc(F)cc2)C2CC1(c1ccc(-c3ccccc3)cc1)CO2. The summed E-state index contributed by atoms with van der Waals surface area (Å²) in [5.41, 5.74) is 3.15. The van der Waals surface area contributed by atoms with Gasteiger partial charge in [-0.05, 0) is 66.1 Å². The highest BCUT2D eigenvalue weighted by Crippen LogP contribution is 2.56. The van der Waals surface area contributed by atoms with Gasteiger partial charge in [-0.1, -0.05) is 66.7 Å². The second-order valence-electron chi connectivity index (χ2n) is 10.4. The molecule has 2 unspecified atom stereocenters. The second-order valence-corrected chi connectivity index (χ2v) is 12.1. The summed E-state index contributed by atoms with van der Waals surface area (Å²) in [7, 11) is -3.82. The van der Waals surface area contributed by atoms with Gasteiger partial charge in [0.15, 0.2) is 0 Å². The average molecular weight is 550 g/mol. The van der Waals surface area contributed by atoms with E-state index >= 15 is 0 Å². The Kier molecular flexibility index (Phi) is 7.98. The Morgan fingerprint density at radius 1 is 1.00 bits per heavy atom. The minimum atomic E-state index is -3.82. The Hall–Kier alpha value is -3.33. The number of carbonyl (C=O) groups is 1. The Morgan fingerprint density at radius 2 is 1.69 bits per heavy atom. The first-order valence-electron chi connectivity index (χ1n) is 13.2. The summed E-state index contributed by atoms with van der Waals surface area (Å²) >= 11 is 0. The fraction of sp³-hybridized carbons (Fsp3) is 0.323. The highest BCUT2D eigenvalue weighted by molar-refractivity contribution is 7.89. The fourth-order valence-electron chi connectivity index (χ4n) is 6.12. The van der Waals surface area contributed by atoms with Crippen molar-refractivity contribution in [3.63, 3.8) is 0 Å². The average Bonchev–Trinajstić information content (AvgIpc) is 3.51. The first-order valence-corrected chi connectivity index (χ1v) is 14.7. The predicted octanol–water partition coefficient (Wildman–Crippen LogP) is 5.56. The van der Waals surface area contributed by atoms with Gasteiger partial charge in [0.25, 0.3) is 0 Å². The third kappa shape index (κ3) is 5.83. The third-order valence-corrected chi connectivity index (χ3v) is 9.55. The smallest absolute Gasteiger partial charge is 0.303 e. The van der Waals surface area contributed by atoms with Crippen molar-refractivity contribution in [2.75, 3.05) is 13.2 Å². The van der Waals surface area contributed by atoms with Crippen LogP contribution in [0.1, 0.15) is 31.2 Å². The molecule has 6 nitrogen and oxygen atoms in total. The predicted molar refractivity (Wildman–Crippen MR) is 147 cm³/mol. The molecule has 1 saturated carbocycles. The normalized spacial score (nSPS) is 24.4. The minimum Gasteiger partial charge on any atom is -0.481 e. The van der Waals surface area contributed by atoms with Crippen LogP contribution >= 0.6 is 0 Å². The molecule has 2 fully saturated rings. The third-order valence-electron chi connectivity index (χ3n) is 8.11. The van der Waals surface area contributed by atoms with E-state index in [-0.39, 0.29) is 41.2 Å². The number of hydrogen-bond donors (Lipinski definition) is 2. The Bertz CT molecular complexity index is 1420. The zero-order valence-electron chi connectivity index (χ0n) is 21.5. The van der Waals surface area contributed by atoms with Gasteiger partial charge in [-0.3, -0.25) is 4.79 Å². The number of fused-ring (bicyclic) bond motifs is 2. The summed E-state index contributed by atoms with van der Waals surface area (Å²) < 4.78 is 48.2. The molecule has 2 N–H and O–H groups in total. The summed E-state index contributed by atoms with van der Waals surface area (Å²) in [4.78, 5) is 10.9. The van der Waals surface area contributed by atoms with Gasteiger partial charge in [0.2, 0.25) is 10.0 Å². The number of carboxylic acid groups (broad SMARTS) is 1. The number of carboxylic acids is 1. The topological polar surface area (TPSA) is 92.7 Å². The number of sulfonamides is 1. The molecule has 3 aromatic carbocycles. The molecule has 2 bridgehead atoms. The molecule has 0 amide bonds. The number of nitrogens with one attached hydrogen (secondary N) is 1. The van der Waals surface area contributed by atoms with Crippen LogP contribution in [0.25, 0.3) is 11.1 Å². The highest BCUT2D eigenvalue weighted by atomic mass is 32.2. The standard InChI is InChI=1S/C31H32FNO5S/c32-25-15-17-26(18-16-25)39(36,37)33-20-27-28(9-5-2-6-10-30(34)35)31(19-29(27)38-21-31)24-13-11-23(12-14-24)22-7-3-1-4-8-22/h1-5,7-8,11-18,27-29,33H,6,9-10,19-21H2,(H,34,35)/b5-2-/t27-,28-,29?,31?/m0/s1. The number of benzene rings is 3. The van der Waals surface area contributed by atoms with Crippen molar-refractivity contribution >= 4 is 16.0 Å². The van der Waals surface area contributed by atoms with E-state index in [0.29, 0.717) is 19.4 Å². The van der Waals surface area contributed by atoms with Crippen molar-refractivity contribution < 1.29 is 27.4 Å². The zero-order valence-corrected chi connectivity index (χ0v) is 22.3. The molecular formula is C31H32FNO5S. The molecule has 39 heavy (non-hydrogen) atoms.